The zero-order valence-corrected chi connectivity index (χ0v) is 23.9. The summed E-state index contributed by atoms with van der Waals surface area (Å²) >= 11 is 7.55. The minimum Gasteiger partial charge on any atom is -0.490 e. The fourth-order valence-corrected chi connectivity index (χ4v) is 5.38. The van der Waals surface area contributed by atoms with Gasteiger partial charge in [-0.1, -0.05) is 61.1 Å². The van der Waals surface area contributed by atoms with Crippen LogP contribution in [0.4, 0.5) is 0 Å². The zero-order valence-electron chi connectivity index (χ0n) is 22.3. The quantitative estimate of drug-likeness (QED) is 0.295. The van der Waals surface area contributed by atoms with E-state index in [9.17, 15) is 14.4 Å². The van der Waals surface area contributed by atoms with Crippen LogP contribution in [-0.2, 0) is 14.3 Å². The molecule has 1 aromatic heterocycles. The Labute approximate surface area is 234 Å². The van der Waals surface area contributed by atoms with Gasteiger partial charge in [0.1, 0.15) is 0 Å². The summed E-state index contributed by atoms with van der Waals surface area (Å²) in [6, 6.07) is 11.3. The standard InChI is InChI=1S/C29H29ClN2O6S/c1-6-36-23-13-20(11-12-22(23)38-18(5)33)26-25(28(35)37-15-16(2)3)17(4)31-29-32(26)27(34)24(39-29)14-19-9-7-8-10-21(19)30/h7-14,16,26H,6,15H2,1-5H3/b24-14+/t26-/m1/s1. The van der Waals surface area contributed by atoms with Gasteiger partial charge in [0.05, 0.1) is 35.1 Å². The molecule has 0 N–H and O–H groups in total. The third-order valence-electron chi connectivity index (χ3n) is 5.82. The Kier molecular flexibility index (Phi) is 8.72. The number of aromatic nitrogens is 1. The maximum atomic E-state index is 13.8. The van der Waals surface area contributed by atoms with Crippen molar-refractivity contribution in [3.63, 3.8) is 0 Å². The van der Waals surface area contributed by atoms with Crippen LogP contribution in [0.1, 0.15) is 51.8 Å². The Balaban J connectivity index is 1.94. The number of halogens is 1. The summed E-state index contributed by atoms with van der Waals surface area (Å²) in [7, 11) is 0. The average Bonchev–Trinajstić information content (AvgIpc) is 3.18. The van der Waals surface area contributed by atoms with Crippen LogP contribution >= 0.6 is 22.9 Å². The van der Waals surface area contributed by atoms with Gasteiger partial charge in [0.25, 0.3) is 5.56 Å². The molecule has 0 radical (unpaired) electrons. The van der Waals surface area contributed by atoms with E-state index in [1.54, 1.807) is 44.2 Å². The zero-order chi connectivity index (χ0) is 28.3. The van der Waals surface area contributed by atoms with E-state index in [0.29, 0.717) is 43.5 Å². The Morgan fingerprint density at radius 2 is 1.92 bits per heavy atom. The minimum atomic E-state index is -0.847. The number of hydrogen-bond acceptors (Lipinski definition) is 8. The van der Waals surface area contributed by atoms with Gasteiger partial charge < -0.3 is 14.2 Å². The smallest absolute Gasteiger partial charge is 0.338 e. The molecule has 2 aromatic carbocycles. The van der Waals surface area contributed by atoms with Crippen LogP contribution in [-0.4, -0.2) is 29.7 Å². The molecule has 39 heavy (non-hydrogen) atoms. The molecule has 0 fully saturated rings. The highest BCUT2D eigenvalue weighted by atomic mass is 35.5. The molecule has 1 aliphatic heterocycles. The molecular formula is C29H29ClN2O6S. The fraction of sp³-hybridized carbons (Fsp3) is 0.310. The SMILES string of the molecule is CCOc1cc([C@@H]2C(C(=O)OCC(C)C)=C(C)N=c3s/c(=C/c4ccccc4Cl)c(=O)n32)ccc1OC(C)=O. The molecule has 0 saturated heterocycles. The van der Waals surface area contributed by atoms with Gasteiger partial charge in [0, 0.05) is 11.9 Å². The molecule has 0 amide bonds. The molecule has 0 saturated carbocycles. The summed E-state index contributed by atoms with van der Waals surface area (Å²) in [6.07, 6.45) is 1.72. The molecule has 2 heterocycles. The largest absolute Gasteiger partial charge is 0.490 e. The summed E-state index contributed by atoms with van der Waals surface area (Å²) < 4.78 is 18.6. The van der Waals surface area contributed by atoms with Crippen molar-refractivity contribution < 1.29 is 23.8 Å². The van der Waals surface area contributed by atoms with E-state index < -0.39 is 18.0 Å². The average molecular weight is 569 g/mol. The molecule has 8 nitrogen and oxygen atoms in total. The number of hydrogen-bond donors (Lipinski definition) is 0. The van der Waals surface area contributed by atoms with Crippen molar-refractivity contribution in [3.8, 4) is 11.5 Å². The summed E-state index contributed by atoms with van der Waals surface area (Å²) in [5.41, 5.74) is 1.63. The molecular weight excluding hydrogens is 540 g/mol. The van der Waals surface area contributed by atoms with Crippen molar-refractivity contribution >= 4 is 41.0 Å². The Hall–Kier alpha value is -3.69. The number of carbonyl (C=O) groups is 2. The van der Waals surface area contributed by atoms with E-state index in [2.05, 4.69) is 4.99 Å². The van der Waals surface area contributed by atoms with Crippen LogP contribution in [0.2, 0.25) is 5.02 Å². The second-order valence-corrected chi connectivity index (χ2v) is 10.7. The maximum Gasteiger partial charge on any atom is 0.338 e. The number of ether oxygens (including phenoxy) is 3. The van der Waals surface area contributed by atoms with Gasteiger partial charge in [-0.25, -0.2) is 9.79 Å². The van der Waals surface area contributed by atoms with Gasteiger partial charge in [-0.2, -0.15) is 0 Å². The second kappa shape index (κ2) is 12.0. The lowest BCUT2D eigenvalue weighted by Gasteiger charge is -2.25. The molecule has 0 unspecified atom stereocenters. The van der Waals surface area contributed by atoms with Crippen LogP contribution < -0.4 is 24.4 Å². The van der Waals surface area contributed by atoms with Gasteiger partial charge in [-0.3, -0.25) is 14.2 Å². The number of rotatable bonds is 8. The predicted octanol–water partition coefficient (Wildman–Crippen LogP) is 4.41. The summed E-state index contributed by atoms with van der Waals surface area (Å²) in [5, 5.41) is 0.511. The highest BCUT2D eigenvalue weighted by Gasteiger charge is 2.34. The lowest BCUT2D eigenvalue weighted by Crippen LogP contribution is -2.40. The third kappa shape index (κ3) is 6.15. The number of nitrogens with zero attached hydrogens (tertiary/aromatic N) is 2. The summed E-state index contributed by atoms with van der Waals surface area (Å²) in [5.74, 6) is -0.378. The molecule has 10 heteroatoms. The van der Waals surface area contributed by atoms with E-state index in [1.807, 2.05) is 32.0 Å². The number of thiazole rings is 1. The maximum absolute atomic E-state index is 13.8. The van der Waals surface area contributed by atoms with Crippen molar-refractivity contribution in [1.29, 1.82) is 0 Å². The van der Waals surface area contributed by atoms with Crippen LogP contribution in [0.3, 0.4) is 0 Å². The first-order chi connectivity index (χ1) is 18.6. The van der Waals surface area contributed by atoms with Crippen molar-refractivity contribution in [1.82, 2.24) is 4.57 Å². The van der Waals surface area contributed by atoms with E-state index >= 15 is 0 Å². The van der Waals surface area contributed by atoms with E-state index in [4.69, 9.17) is 25.8 Å². The Morgan fingerprint density at radius 3 is 2.59 bits per heavy atom. The molecule has 0 aliphatic carbocycles. The number of carbonyl (C=O) groups excluding carboxylic acids is 2. The first-order valence-corrected chi connectivity index (χ1v) is 13.7. The van der Waals surface area contributed by atoms with Crippen LogP contribution in [0.5, 0.6) is 11.5 Å². The van der Waals surface area contributed by atoms with E-state index in [0.717, 1.165) is 0 Å². The predicted molar refractivity (Wildman–Crippen MR) is 150 cm³/mol. The molecule has 0 spiro atoms. The molecule has 4 rings (SSSR count). The number of allylic oxidation sites excluding steroid dienone is 1. The highest BCUT2D eigenvalue weighted by molar-refractivity contribution is 7.07. The fourth-order valence-electron chi connectivity index (χ4n) is 4.15. The van der Waals surface area contributed by atoms with Crippen LogP contribution in [0.15, 0.2) is 63.5 Å². The Bertz CT molecular complexity index is 1640. The van der Waals surface area contributed by atoms with Crippen LogP contribution in [0.25, 0.3) is 6.08 Å². The normalized spacial score (nSPS) is 15.2. The summed E-state index contributed by atoms with van der Waals surface area (Å²) in [4.78, 5) is 43.9. The lowest BCUT2D eigenvalue weighted by atomic mass is 9.95. The van der Waals surface area contributed by atoms with E-state index in [-0.39, 0.29) is 29.4 Å². The highest BCUT2D eigenvalue weighted by Crippen LogP contribution is 2.36. The summed E-state index contributed by atoms with van der Waals surface area (Å²) in [6.45, 7) is 9.25. The molecule has 0 bridgehead atoms. The molecule has 204 valence electrons. The topological polar surface area (TPSA) is 96.2 Å². The Morgan fingerprint density at radius 1 is 1.18 bits per heavy atom. The van der Waals surface area contributed by atoms with E-state index in [1.165, 1.54) is 22.8 Å². The van der Waals surface area contributed by atoms with Crippen LogP contribution in [0, 0.1) is 5.92 Å². The van der Waals surface area contributed by atoms with Crippen molar-refractivity contribution in [2.75, 3.05) is 13.2 Å². The minimum absolute atomic E-state index is 0.123. The number of fused-ring (bicyclic) bond motifs is 1. The van der Waals surface area contributed by atoms with Gasteiger partial charge in [-0.15, -0.1) is 0 Å². The van der Waals surface area contributed by atoms with Gasteiger partial charge >= 0.3 is 11.9 Å². The number of benzene rings is 2. The second-order valence-electron chi connectivity index (χ2n) is 9.33. The van der Waals surface area contributed by atoms with Gasteiger partial charge in [-0.05, 0) is 55.2 Å². The van der Waals surface area contributed by atoms with Gasteiger partial charge in [0.15, 0.2) is 16.3 Å². The molecule has 1 atom stereocenters. The van der Waals surface area contributed by atoms with Crippen molar-refractivity contribution in [2.24, 2.45) is 10.9 Å². The van der Waals surface area contributed by atoms with Crippen molar-refractivity contribution in [2.45, 2.75) is 40.7 Å². The first-order valence-electron chi connectivity index (χ1n) is 12.5. The monoisotopic (exact) mass is 568 g/mol. The van der Waals surface area contributed by atoms with Crippen molar-refractivity contribution in [3.05, 3.63) is 89.6 Å². The first kappa shape index (κ1) is 28.3. The molecule has 3 aromatic rings. The number of esters is 2. The third-order valence-corrected chi connectivity index (χ3v) is 7.15. The molecule has 1 aliphatic rings. The van der Waals surface area contributed by atoms with Gasteiger partial charge in [0.2, 0.25) is 0 Å². The lowest BCUT2D eigenvalue weighted by molar-refractivity contribution is -0.140.